The summed E-state index contributed by atoms with van der Waals surface area (Å²) in [4.78, 5) is 26.5. The van der Waals surface area contributed by atoms with Gasteiger partial charge in [-0.05, 0) is 49.2 Å². The fraction of sp³-hybridized carbons (Fsp3) is 0.222. The van der Waals surface area contributed by atoms with Crippen molar-refractivity contribution in [2.75, 3.05) is 25.5 Å². The number of ether oxygens (including phenoxy) is 1. The van der Waals surface area contributed by atoms with Crippen molar-refractivity contribution in [3.05, 3.63) is 78.9 Å². The van der Waals surface area contributed by atoms with Crippen LogP contribution < -0.4 is 10.1 Å². The Balaban J connectivity index is 1.32. The number of fused-ring (bicyclic) bond motifs is 1. The smallest absolute Gasteiger partial charge is 0.253 e. The van der Waals surface area contributed by atoms with Gasteiger partial charge in [-0.15, -0.1) is 0 Å². The van der Waals surface area contributed by atoms with Gasteiger partial charge in [0.15, 0.2) is 0 Å². The molecule has 0 bridgehead atoms. The number of piperidine rings is 1. The van der Waals surface area contributed by atoms with E-state index in [-0.39, 0.29) is 17.9 Å². The quantitative estimate of drug-likeness (QED) is 0.408. The van der Waals surface area contributed by atoms with Crippen LogP contribution in [0.3, 0.4) is 0 Å². The second-order valence-corrected chi connectivity index (χ2v) is 8.79. The Morgan fingerprint density at radius 3 is 2.73 bits per heavy atom. The lowest BCUT2D eigenvalue weighted by Gasteiger charge is -2.33. The molecule has 10 heteroatoms. The zero-order chi connectivity index (χ0) is 25.9. The summed E-state index contributed by atoms with van der Waals surface area (Å²) in [6.45, 7) is 4.66. The number of methoxy groups -OCH3 is 1. The minimum Gasteiger partial charge on any atom is -0.494 e. The van der Waals surface area contributed by atoms with Gasteiger partial charge in [0.2, 0.25) is 5.91 Å². The zero-order valence-corrected chi connectivity index (χ0v) is 20.3. The number of pyridine rings is 1. The maximum atomic E-state index is 13.2. The van der Waals surface area contributed by atoms with E-state index in [1.807, 2.05) is 28.0 Å². The van der Waals surface area contributed by atoms with Crippen LogP contribution >= 0.6 is 0 Å². The molecule has 0 saturated carbocycles. The van der Waals surface area contributed by atoms with Crippen LogP contribution in [0.25, 0.3) is 16.6 Å². The highest BCUT2D eigenvalue weighted by atomic mass is 16.5. The molecule has 5 rings (SSSR count). The van der Waals surface area contributed by atoms with E-state index in [9.17, 15) is 14.9 Å². The number of hydrogen-bond donors (Lipinski definition) is 1. The number of carbonyl (C=O) groups is 2. The molecule has 1 fully saturated rings. The van der Waals surface area contributed by atoms with Crippen molar-refractivity contribution in [2.45, 2.75) is 18.9 Å². The SMILES string of the molecule is C=CC(=O)Nc1ccc(C(=O)N2CCC[C@@H](n3cc(-c4cc(OC)c5c(C#N)cnn5c4)cn3)C2)cc1. The van der Waals surface area contributed by atoms with Crippen molar-refractivity contribution in [3.8, 4) is 22.9 Å². The monoisotopic (exact) mass is 495 g/mol. The van der Waals surface area contributed by atoms with Crippen molar-refractivity contribution in [1.29, 1.82) is 5.26 Å². The summed E-state index contributed by atoms with van der Waals surface area (Å²) >= 11 is 0. The highest BCUT2D eigenvalue weighted by Crippen LogP contribution is 2.31. The Morgan fingerprint density at radius 2 is 2.00 bits per heavy atom. The highest BCUT2D eigenvalue weighted by molar-refractivity contribution is 5.99. The van der Waals surface area contributed by atoms with Crippen molar-refractivity contribution >= 4 is 23.0 Å². The molecule has 10 nitrogen and oxygen atoms in total. The van der Waals surface area contributed by atoms with Gasteiger partial charge in [-0.3, -0.25) is 14.3 Å². The largest absolute Gasteiger partial charge is 0.494 e. The predicted octanol–water partition coefficient (Wildman–Crippen LogP) is 3.68. The molecule has 0 unspecified atom stereocenters. The highest BCUT2D eigenvalue weighted by Gasteiger charge is 2.26. The second kappa shape index (κ2) is 9.99. The molecule has 2 amide bonds. The lowest BCUT2D eigenvalue weighted by molar-refractivity contribution is -0.111. The van der Waals surface area contributed by atoms with Crippen molar-refractivity contribution in [2.24, 2.45) is 0 Å². The molecule has 0 radical (unpaired) electrons. The van der Waals surface area contributed by atoms with E-state index in [4.69, 9.17) is 4.74 Å². The minimum absolute atomic E-state index is 0.0399. The topological polar surface area (TPSA) is 118 Å². The summed E-state index contributed by atoms with van der Waals surface area (Å²) in [6.07, 6.45) is 10.1. The van der Waals surface area contributed by atoms with Gasteiger partial charge in [0, 0.05) is 47.9 Å². The molecule has 1 saturated heterocycles. The Bertz CT molecular complexity index is 1530. The van der Waals surface area contributed by atoms with Crippen molar-refractivity contribution in [1.82, 2.24) is 24.3 Å². The number of carbonyl (C=O) groups excluding carboxylic acids is 2. The number of nitriles is 1. The fourth-order valence-electron chi connectivity index (χ4n) is 4.59. The van der Waals surface area contributed by atoms with Crippen LogP contribution in [-0.2, 0) is 4.79 Å². The first kappa shape index (κ1) is 23.8. The molecular formula is C27H25N7O3. The molecule has 4 heterocycles. The Hall–Kier alpha value is -4.91. The van der Waals surface area contributed by atoms with E-state index < -0.39 is 0 Å². The van der Waals surface area contributed by atoms with Gasteiger partial charge in [0.05, 0.1) is 25.5 Å². The summed E-state index contributed by atoms with van der Waals surface area (Å²) in [5, 5.41) is 20.9. The predicted molar refractivity (Wildman–Crippen MR) is 137 cm³/mol. The van der Waals surface area contributed by atoms with Gasteiger partial charge in [0.1, 0.15) is 22.9 Å². The van der Waals surface area contributed by atoms with Crippen molar-refractivity contribution in [3.63, 3.8) is 0 Å². The Labute approximate surface area is 213 Å². The van der Waals surface area contributed by atoms with E-state index in [2.05, 4.69) is 28.2 Å². The Morgan fingerprint density at radius 1 is 1.19 bits per heavy atom. The van der Waals surface area contributed by atoms with Crippen LogP contribution in [0.15, 0.2) is 67.8 Å². The van der Waals surface area contributed by atoms with E-state index in [1.54, 1.807) is 42.1 Å². The van der Waals surface area contributed by atoms with Gasteiger partial charge in [-0.25, -0.2) is 4.52 Å². The maximum absolute atomic E-state index is 13.2. The van der Waals surface area contributed by atoms with Crippen LogP contribution in [0, 0.1) is 11.3 Å². The first-order valence-electron chi connectivity index (χ1n) is 11.8. The van der Waals surface area contributed by atoms with E-state index >= 15 is 0 Å². The standard InChI is InChI=1S/C27H25N7O3/c1-3-25(35)31-22-8-6-18(7-9-22)27(36)32-10-4-5-23(17-32)33-16-21(14-29-33)19-11-24(37-2)26-20(12-28)13-30-34(26)15-19/h3,6-9,11,13-16,23H,1,4-5,10,17H2,2H3,(H,31,35)/t23-/m1/s1. The molecule has 3 aromatic heterocycles. The van der Waals surface area contributed by atoms with Gasteiger partial charge in [-0.2, -0.15) is 15.5 Å². The molecule has 4 aromatic rings. The average molecular weight is 496 g/mol. The number of nitrogens with zero attached hydrogens (tertiary/aromatic N) is 6. The Kier molecular flexibility index (Phi) is 6.43. The summed E-state index contributed by atoms with van der Waals surface area (Å²) in [5.74, 6) is 0.205. The molecule has 0 aliphatic carbocycles. The summed E-state index contributed by atoms with van der Waals surface area (Å²) < 4.78 is 9.06. The lowest BCUT2D eigenvalue weighted by Crippen LogP contribution is -2.40. The third kappa shape index (κ3) is 4.67. The van der Waals surface area contributed by atoms with Crippen molar-refractivity contribution < 1.29 is 14.3 Å². The molecule has 186 valence electrons. The number of amides is 2. The molecular weight excluding hydrogens is 470 g/mol. The normalized spacial score (nSPS) is 15.2. The van der Waals surface area contributed by atoms with Crippen LogP contribution in [0.2, 0.25) is 0 Å². The lowest BCUT2D eigenvalue weighted by atomic mass is 10.0. The third-order valence-corrected chi connectivity index (χ3v) is 6.49. The summed E-state index contributed by atoms with van der Waals surface area (Å²) in [6, 6.07) is 10.9. The maximum Gasteiger partial charge on any atom is 0.253 e. The van der Waals surface area contributed by atoms with Crippen LogP contribution in [-0.4, -0.2) is 56.3 Å². The second-order valence-electron chi connectivity index (χ2n) is 8.79. The number of likely N-dealkylation sites (tertiary alicyclic amines) is 1. The molecule has 1 N–H and O–H groups in total. The first-order valence-corrected chi connectivity index (χ1v) is 11.8. The number of benzene rings is 1. The molecule has 1 aromatic carbocycles. The molecule has 0 spiro atoms. The minimum atomic E-state index is -0.300. The van der Waals surface area contributed by atoms with Crippen LogP contribution in [0.4, 0.5) is 5.69 Å². The number of hydrogen-bond acceptors (Lipinski definition) is 6. The molecule has 1 aliphatic heterocycles. The third-order valence-electron chi connectivity index (χ3n) is 6.49. The summed E-state index contributed by atoms with van der Waals surface area (Å²) in [7, 11) is 1.56. The zero-order valence-electron chi connectivity index (χ0n) is 20.3. The van der Waals surface area contributed by atoms with Gasteiger partial charge in [0.25, 0.3) is 5.91 Å². The first-order chi connectivity index (χ1) is 18.0. The van der Waals surface area contributed by atoms with Gasteiger partial charge < -0.3 is 15.0 Å². The van der Waals surface area contributed by atoms with E-state index in [0.29, 0.717) is 41.2 Å². The van der Waals surface area contributed by atoms with Gasteiger partial charge >= 0.3 is 0 Å². The van der Waals surface area contributed by atoms with E-state index in [0.717, 1.165) is 24.0 Å². The number of anilines is 1. The number of rotatable bonds is 6. The average Bonchev–Trinajstić information content (AvgIpc) is 3.60. The summed E-state index contributed by atoms with van der Waals surface area (Å²) in [5.41, 5.74) is 3.98. The van der Waals surface area contributed by atoms with E-state index in [1.165, 1.54) is 12.3 Å². The molecule has 1 aliphatic rings. The van der Waals surface area contributed by atoms with Crippen LogP contribution in [0.1, 0.15) is 34.8 Å². The molecule has 1 atom stereocenters. The van der Waals surface area contributed by atoms with Crippen LogP contribution in [0.5, 0.6) is 5.75 Å². The molecule has 37 heavy (non-hydrogen) atoms. The number of nitrogens with one attached hydrogen (secondary N) is 1. The fourth-order valence-corrected chi connectivity index (χ4v) is 4.59. The number of aromatic nitrogens is 4. The van der Waals surface area contributed by atoms with Gasteiger partial charge in [-0.1, -0.05) is 6.58 Å².